The Morgan fingerprint density at radius 2 is 2.12 bits per heavy atom. The number of carbonyl (C=O) groups excluding carboxylic acids is 2. The van der Waals surface area contributed by atoms with Crippen molar-refractivity contribution < 1.29 is 9.59 Å². The summed E-state index contributed by atoms with van der Waals surface area (Å²) in [5.41, 5.74) is 2.10. The summed E-state index contributed by atoms with van der Waals surface area (Å²) in [6.45, 7) is 6.08. The van der Waals surface area contributed by atoms with Crippen molar-refractivity contribution in [3.8, 4) is 0 Å². The lowest BCUT2D eigenvalue weighted by Crippen LogP contribution is -2.34. The van der Waals surface area contributed by atoms with Crippen LogP contribution in [-0.4, -0.2) is 32.0 Å². The van der Waals surface area contributed by atoms with Crippen LogP contribution in [0.3, 0.4) is 0 Å². The highest BCUT2D eigenvalue weighted by atomic mass is 35.5. The van der Waals surface area contributed by atoms with Gasteiger partial charge in [-0.1, -0.05) is 13.0 Å². The number of piperidine rings is 1. The van der Waals surface area contributed by atoms with Gasteiger partial charge in [-0.05, 0) is 62.4 Å². The van der Waals surface area contributed by atoms with Crippen molar-refractivity contribution in [3.05, 3.63) is 29.3 Å². The second-order valence-corrected chi connectivity index (χ2v) is 6.39. The van der Waals surface area contributed by atoms with E-state index in [1.165, 1.54) is 12.8 Å². The first kappa shape index (κ1) is 20.5. The number of amides is 2. The highest BCUT2D eigenvalue weighted by molar-refractivity contribution is 5.99. The molecule has 2 amide bonds. The van der Waals surface area contributed by atoms with Crippen molar-refractivity contribution >= 4 is 29.9 Å². The van der Waals surface area contributed by atoms with E-state index in [2.05, 4.69) is 22.9 Å². The topological polar surface area (TPSA) is 70.2 Å². The van der Waals surface area contributed by atoms with E-state index >= 15 is 0 Å². The number of halogens is 1. The lowest BCUT2D eigenvalue weighted by Gasteiger charge is -2.28. The Balaban J connectivity index is 0.00000288. The van der Waals surface area contributed by atoms with Crippen LogP contribution >= 0.6 is 12.4 Å². The third-order valence-electron chi connectivity index (χ3n) is 4.73. The molecule has 0 saturated carbocycles. The van der Waals surface area contributed by atoms with E-state index in [0.717, 1.165) is 18.7 Å². The molecule has 2 unspecified atom stereocenters. The largest absolute Gasteiger partial charge is 0.355 e. The van der Waals surface area contributed by atoms with E-state index in [9.17, 15) is 9.59 Å². The van der Waals surface area contributed by atoms with Gasteiger partial charge in [0.2, 0.25) is 5.91 Å². The van der Waals surface area contributed by atoms with Crippen molar-refractivity contribution in [3.63, 3.8) is 0 Å². The van der Waals surface area contributed by atoms with Crippen LogP contribution < -0.4 is 16.0 Å². The average molecular weight is 354 g/mol. The van der Waals surface area contributed by atoms with Gasteiger partial charge in [0.25, 0.3) is 5.91 Å². The van der Waals surface area contributed by atoms with Gasteiger partial charge in [0.15, 0.2) is 0 Å². The second kappa shape index (κ2) is 9.64. The molecule has 1 aromatic carbocycles. The van der Waals surface area contributed by atoms with Crippen LogP contribution in [0, 0.1) is 18.8 Å². The maximum Gasteiger partial charge on any atom is 0.251 e. The SMILES string of the molecule is CNC(=O)c1cccc(NC(=O)CC(C)C2CCCNC2)c1C.Cl. The molecular weight excluding hydrogens is 326 g/mol. The molecule has 0 spiro atoms. The summed E-state index contributed by atoms with van der Waals surface area (Å²) in [7, 11) is 1.60. The second-order valence-electron chi connectivity index (χ2n) is 6.39. The lowest BCUT2D eigenvalue weighted by molar-refractivity contribution is -0.117. The molecule has 0 aliphatic carbocycles. The first-order valence-electron chi connectivity index (χ1n) is 8.35. The molecule has 2 rings (SSSR count). The van der Waals surface area contributed by atoms with Crippen molar-refractivity contribution in [2.24, 2.45) is 11.8 Å². The fourth-order valence-electron chi connectivity index (χ4n) is 3.18. The van der Waals surface area contributed by atoms with Crippen molar-refractivity contribution in [1.82, 2.24) is 10.6 Å². The van der Waals surface area contributed by atoms with E-state index in [1.807, 2.05) is 13.0 Å². The predicted molar refractivity (Wildman–Crippen MR) is 99.8 cm³/mol. The molecule has 0 bridgehead atoms. The zero-order valence-corrected chi connectivity index (χ0v) is 15.5. The summed E-state index contributed by atoms with van der Waals surface area (Å²) in [4.78, 5) is 24.2. The van der Waals surface area contributed by atoms with Crippen LogP contribution in [0.4, 0.5) is 5.69 Å². The van der Waals surface area contributed by atoms with E-state index in [-0.39, 0.29) is 24.2 Å². The molecule has 0 radical (unpaired) electrons. The van der Waals surface area contributed by atoms with Crippen LogP contribution in [0.2, 0.25) is 0 Å². The van der Waals surface area contributed by atoms with Crippen LogP contribution in [0.15, 0.2) is 18.2 Å². The van der Waals surface area contributed by atoms with E-state index in [4.69, 9.17) is 0 Å². The Labute approximate surface area is 150 Å². The van der Waals surface area contributed by atoms with Crippen LogP contribution in [-0.2, 0) is 4.79 Å². The number of hydrogen-bond acceptors (Lipinski definition) is 3. The average Bonchev–Trinajstić information content (AvgIpc) is 2.56. The molecule has 1 aromatic rings. The first-order chi connectivity index (χ1) is 11.0. The molecule has 1 aliphatic heterocycles. The van der Waals surface area contributed by atoms with Crippen LogP contribution in [0.5, 0.6) is 0 Å². The zero-order chi connectivity index (χ0) is 16.8. The van der Waals surface area contributed by atoms with E-state index in [1.54, 1.807) is 19.2 Å². The van der Waals surface area contributed by atoms with Gasteiger partial charge < -0.3 is 16.0 Å². The number of hydrogen-bond donors (Lipinski definition) is 3. The predicted octanol–water partition coefficient (Wildman–Crippen LogP) is 2.74. The number of rotatable bonds is 5. The van der Waals surface area contributed by atoms with Gasteiger partial charge >= 0.3 is 0 Å². The van der Waals surface area contributed by atoms with Crippen molar-refractivity contribution in [2.45, 2.75) is 33.1 Å². The van der Waals surface area contributed by atoms with Crippen molar-refractivity contribution in [1.29, 1.82) is 0 Å². The summed E-state index contributed by atoms with van der Waals surface area (Å²) in [5.74, 6) is 0.790. The van der Waals surface area contributed by atoms with Gasteiger partial charge in [-0.15, -0.1) is 12.4 Å². The minimum absolute atomic E-state index is 0. The van der Waals surface area contributed by atoms with E-state index < -0.39 is 0 Å². The van der Waals surface area contributed by atoms with Crippen LogP contribution in [0.1, 0.15) is 42.1 Å². The van der Waals surface area contributed by atoms with E-state index in [0.29, 0.717) is 29.5 Å². The quantitative estimate of drug-likeness (QED) is 0.762. The van der Waals surface area contributed by atoms with Crippen molar-refractivity contribution in [2.75, 3.05) is 25.5 Å². The molecule has 1 aliphatic rings. The molecule has 1 fully saturated rings. The molecule has 1 saturated heterocycles. The van der Waals surface area contributed by atoms with Gasteiger partial charge in [0, 0.05) is 24.7 Å². The van der Waals surface area contributed by atoms with Gasteiger partial charge in [-0.2, -0.15) is 0 Å². The van der Waals surface area contributed by atoms with Gasteiger partial charge in [0.05, 0.1) is 0 Å². The molecule has 134 valence electrons. The Kier molecular flexibility index (Phi) is 8.22. The molecule has 0 aromatic heterocycles. The Hall–Kier alpha value is -1.59. The minimum Gasteiger partial charge on any atom is -0.355 e. The molecule has 1 heterocycles. The smallest absolute Gasteiger partial charge is 0.251 e. The number of anilines is 1. The molecule has 6 heteroatoms. The molecule has 24 heavy (non-hydrogen) atoms. The normalized spacial score (nSPS) is 18.2. The summed E-state index contributed by atoms with van der Waals surface area (Å²) in [6, 6.07) is 5.40. The van der Waals surface area contributed by atoms with Crippen LogP contribution in [0.25, 0.3) is 0 Å². The highest BCUT2D eigenvalue weighted by Gasteiger charge is 2.22. The summed E-state index contributed by atoms with van der Waals surface area (Å²) in [6.07, 6.45) is 2.88. The molecule has 5 nitrogen and oxygen atoms in total. The maximum atomic E-state index is 12.3. The number of benzene rings is 1. The maximum absolute atomic E-state index is 12.3. The molecule has 3 N–H and O–H groups in total. The lowest BCUT2D eigenvalue weighted by atomic mass is 9.85. The standard InChI is InChI=1S/C18H27N3O2.ClH/c1-12(14-6-5-9-20-11-14)10-17(22)21-16-8-4-7-15(13(16)2)18(23)19-3;/h4,7-8,12,14,20H,5-6,9-11H2,1-3H3,(H,19,23)(H,21,22);1H. The monoisotopic (exact) mass is 353 g/mol. The third kappa shape index (κ3) is 5.21. The number of carbonyl (C=O) groups is 2. The summed E-state index contributed by atoms with van der Waals surface area (Å²) in [5, 5.41) is 8.98. The number of nitrogens with one attached hydrogen (secondary N) is 3. The zero-order valence-electron chi connectivity index (χ0n) is 14.6. The highest BCUT2D eigenvalue weighted by Crippen LogP contribution is 2.24. The molecule has 2 atom stereocenters. The first-order valence-corrected chi connectivity index (χ1v) is 8.35. The fraction of sp³-hybridized carbons (Fsp3) is 0.556. The van der Waals surface area contributed by atoms with Gasteiger partial charge in [-0.3, -0.25) is 9.59 Å². The molecular formula is C18H28ClN3O2. The third-order valence-corrected chi connectivity index (χ3v) is 4.73. The van der Waals surface area contributed by atoms with Gasteiger partial charge in [-0.25, -0.2) is 0 Å². The van der Waals surface area contributed by atoms with Gasteiger partial charge in [0.1, 0.15) is 0 Å². The fourth-order valence-corrected chi connectivity index (χ4v) is 3.18. The summed E-state index contributed by atoms with van der Waals surface area (Å²) >= 11 is 0. The summed E-state index contributed by atoms with van der Waals surface area (Å²) < 4.78 is 0. The minimum atomic E-state index is -0.139. The Morgan fingerprint density at radius 1 is 1.38 bits per heavy atom. The Morgan fingerprint density at radius 3 is 2.75 bits per heavy atom. The Bertz CT molecular complexity index is 571.